The molecule has 0 atom stereocenters. The molecule has 3 rings (SSSR count). The maximum Gasteiger partial charge on any atom is 0.324 e. The van der Waals surface area contributed by atoms with Gasteiger partial charge in [0.2, 0.25) is 0 Å². The molecular formula is C12H12N6O3S. The molecule has 114 valence electrons. The average Bonchev–Trinajstić information content (AvgIpc) is 3.10. The number of thiophene rings is 1. The number of hydrogen-bond donors (Lipinski definition) is 2. The van der Waals surface area contributed by atoms with Crippen LogP contribution in [-0.2, 0) is 4.74 Å². The van der Waals surface area contributed by atoms with Crippen molar-refractivity contribution in [3.05, 3.63) is 45.7 Å². The Hall–Kier alpha value is -2.88. The number of nitrogens with zero attached hydrogens (tertiary/aromatic N) is 4. The second-order valence-corrected chi connectivity index (χ2v) is 5.37. The van der Waals surface area contributed by atoms with E-state index in [4.69, 9.17) is 10.5 Å². The van der Waals surface area contributed by atoms with Crippen LogP contribution in [0.4, 0.5) is 5.00 Å². The van der Waals surface area contributed by atoms with Gasteiger partial charge in [0.15, 0.2) is 11.6 Å². The van der Waals surface area contributed by atoms with Crippen LogP contribution in [0, 0.1) is 10.1 Å². The lowest BCUT2D eigenvalue weighted by Gasteiger charge is -2.18. The Morgan fingerprint density at radius 1 is 1.55 bits per heavy atom. The van der Waals surface area contributed by atoms with Crippen molar-refractivity contribution in [2.75, 3.05) is 12.0 Å². The van der Waals surface area contributed by atoms with Crippen molar-refractivity contribution in [3.8, 4) is 10.7 Å². The third-order valence-corrected chi connectivity index (χ3v) is 3.91. The van der Waals surface area contributed by atoms with E-state index >= 15 is 0 Å². The van der Waals surface area contributed by atoms with Gasteiger partial charge in [0.05, 0.1) is 22.1 Å². The number of rotatable bonds is 4. The maximum absolute atomic E-state index is 10.8. The molecule has 0 unspecified atom stereocenters. The molecule has 0 fully saturated rings. The fourth-order valence-corrected chi connectivity index (χ4v) is 2.66. The molecule has 10 heteroatoms. The Balaban J connectivity index is 1.99. The van der Waals surface area contributed by atoms with Crippen LogP contribution in [-0.4, -0.2) is 26.4 Å². The lowest BCUT2D eigenvalue weighted by molar-refractivity contribution is -0.380. The van der Waals surface area contributed by atoms with Gasteiger partial charge < -0.3 is 10.5 Å². The summed E-state index contributed by atoms with van der Waals surface area (Å²) in [7, 11) is 0. The Kier molecular flexibility index (Phi) is 3.51. The van der Waals surface area contributed by atoms with Crippen LogP contribution in [0.1, 0.15) is 12.7 Å². The highest BCUT2D eigenvalue weighted by atomic mass is 32.1. The molecule has 1 aliphatic heterocycles. The summed E-state index contributed by atoms with van der Waals surface area (Å²) >= 11 is 1.03. The summed E-state index contributed by atoms with van der Waals surface area (Å²) in [4.78, 5) is 11.0. The van der Waals surface area contributed by atoms with E-state index in [1.54, 1.807) is 16.8 Å². The molecule has 0 saturated carbocycles. The molecule has 0 amide bonds. The Labute approximate surface area is 128 Å². The van der Waals surface area contributed by atoms with E-state index < -0.39 is 4.92 Å². The highest BCUT2D eigenvalue weighted by Gasteiger charge is 2.22. The van der Waals surface area contributed by atoms with Gasteiger partial charge in [0.1, 0.15) is 12.0 Å². The summed E-state index contributed by atoms with van der Waals surface area (Å²) in [6.07, 6.45) is 3.16. The molecule has 22 heavy (non-hydrogen) atoms. The van der Waals surface area contributed by atoms with Crippen molar-refractivity contribution in [1.29, 1.82) is 0 Å². The molecule has 0 aliphatic carbocycles. The Bertz CT molecular complexity index is 791. The number of fused-ring (bicyclic) bond motifs is 1. The van der Waals surface area contributed by atoms with Gasteiger partial charge in [-0.3, -0.25) is 15.5 Å². The molecule has 0 spiro atoms. The largest absolute Gasteiger partial charge is 0.499 e. The molecule has 3 N–H and O–H groups in total. The molecule has 0 bridgehead atoms. The van der Waals surface area contributed by atoms with E-state index in [0.717, 1.165) is 11.3 Å². The number of nitrogens with two attached hydrogens (primary N) is 1. The fourth-order valence-electron chi connectivity index (χ4n) is 1.87. The minimum atomic E-state index is -0.437. The first-order valence-electron chi connectivity index (χ1n) is 6.36. The number of nitrogens with one attached hydrogen (secondary N) is 1. The monoisotopic (exact) mass is 320 g/mol. The van der Waals surface area contributed by atoms with Gasteiger partial charge in [-0.15, -0.1) is 10.2 Å². The topological polar surface area (TPSA) is 121 Å². The smallest absolute Gasteiger partial charge is 0.324 e. The van der Waals surface area contributed by atoms with E-state index in [0.29, 0.717) is 34.5 Å². The van der Waals surface area contributed by atoms with Crippen molar-refractivity contribution >= 4 is 22.4 Å². The molecule has 1 aliphatic rings. The van der Waals surface area contributed by atoms with Gasteiger partial charge in [-0.05, 0) is 13.0 Å². The summed E-state index contributed by atoms with van der Waals surface area (Å²) in [5, 5.41) is 18.9. The molecule has 0 aromatic carbocycles. The Morgan fingerprint density at radius 3 is 3.05 bits per heavy atom. The zero-order valence-electron chi connectivity index (χ0n) is 11.5. The van der Waals surface area contributed by atoms with Crippen molar-refractivity contribution in [3.63, 3.8) is 0 Å². The number of ether oxygens (including phenoxy) is 1. The molecule has 2 aromatic rings. The van der Waals surface area contributed by atoms with Gasteiger partial charge in [-0.2, -0.15) is 0 Å². The molecule has 0 radical (unpaired) electrons. The SMILES string of the molecule is CCOC=C1Nn2c(nnc2-c2ccc([N+](=O)[O-])s2)C=C1N. The third-order valence-electron chi connectivity index (χ3n) is 2.88. The summed E-state index contributed by atoms with van der Waals surface area (Å²) in [6, 6.07) is 3.07. The third kappa shape index (κ3) is 2.39. The zero-order valence-corrected chi connectivity index (χ0v) is 12.3. The van der Waals surface area contributed by atoms with E-state index in [2.05, 4.69) is 15.6 Å². The van der Waals surface area contributed by atoms with Crippen molar-refractivity contribution in [2.24, 2.45) is 5.73 Å². The standard InChI is InChI=1S/C12H12N6O3S/c1-2-21-6-8-7(13)5-10-14-15-12(17(10)16-8)9-3-4-11(22-9)18(19)20/h3-6,16H,2,13H2,1H3. The van der Waals surface area contributed by atoms with Crippen molar-refractivity contribution < 1.29 is 9.66 Å². The van der Waals surface area contributed by atoms with Gasteiger partial charge in [0, 0.05) is 12.1 Å². The summed E-state index contributed by atoms with van der Waals surface area (Å²) in [5.74, 6) is 0.983. The zero-order chi connectivity index (χ0) is 15.7. The van der Waals surface area contributed by atoms with E-state index in [9.17, 15) is 10.1 Å². The lowest BCUT2D eigenvalue weighted by atomic mass is 10.3. The highest BCUT2D eigenvalue weighted by molar-refractivity contribution is 7.18. The Morgan fingerprint density at radius 2 is 2.36 bits per heavy atom. The van der Waals surface area contributed by atoms with E-state index in [1.807, 2.05) is 6.92 Å². The van der Waals surface area contributed by atoms with Gasteiger partial charge in [-0.25, -0.2) is 4.68 Å². The first-order valence-corrected chi connectivity index (χ1v) is 7.18. The number of nitro groups is 1. The second-order valence-electron chi connectivity index (χ2n) is 4.31. The van der Waals surface area contributed by atoms with Crippen LogP contribution in [0.15, 0.2) is 29.8 Å². The van der Waals surface area contributed by atoms with Crippen LogP contribution in [0.25, 0.3) is 16.8 Å². The quantitative estimate of drug-likeness (QED) is 0.499. The maximum atomic E-state index is 10.8. The molecule has 0 saturated heterocycles. The number of hydrogen-bond acceptors (Lipinski definition) is 8. The predicted octanol–water partition coefficient (Wildman–Crippen LogP) is 1.65. The molecule has 9 nitrogen and oxygen atoms in total. The normalized spacial score (nSPS) is 15.1. The first-order chi connectivity index (χ1) is 10.6. The summed E-state index contributed by atoms with van der Waals surface area (Å²) < 4.78 is 6.84. The van der Waals surface area contributed by atoms with Crippen LogP contribution in [0.3, 0.4) is 0 Å². The average molecular weight is 320 g/mol. The second kappa shape index (κ2) is 5.48. The minimum absolute atomic E-state index is 0.0447. The van der Waals surface area contributed by atoms with Crippen molar-refractivity contribution in [2.45, 2.75) is 6.92 Å². The van der Waals surface area contributed by atoms with Crippen LogP contribution in [0.2, 0.25) is 0 Å². The predicted molar refractivity (Wildman–Crippen MR) is 81.2 cm³/mol. The van der Waals surface area contributed by atoms with Crippen LogP contribution >= 0.6 is 11.3 Å². The molecule has 3 heterocycles. The minimum Gasteiger partial charge on any atom is -0.499 e. The van der Waals surface area contributed by atoms with E-state index in [-0.39, 0.29) is 5.00 Å². The first kappa shape index (κ1) is 14.1. The summed E-state index contributed by atoms with van der Waals surface area (Å²) in [6.45, 7) is 2.37. The fraction of sp³-hybridized carbons (Fsp3) is 0.167. The van der Waals surface area contributed by atoms with Gasteiger partial charge in [-0.1, -0.05) is 11.3 Å². The lowest BCUT2D eigenvalue weighted by Crippen LogP contribution is -2.25. The summed E-state index contributed by atoms with van der Waals surface area (Å²) in [5.41, 5.74) is 9.99. The number of aromatic nitrogens is 3. The van der Waals surface area contributed by atoms with Gasteiger partial charge in [0.25, 0.3) is 0 Å². The van der Waals surface area contributed by atoms with Crippen LogP contribution in [0.5, 0.6) is 0 Å². The molecular weight excluding hydrogens is 308 g/mol. The van der Waals surface area contributed by atoms with Crippen molar-refractivity contribution in [1.82, 2.24) is 14.9 Å². The van der Waals surface area contributed by atoms with Crippen LogP contribution < -0.4 is 11.2 Å². The highest BCUT2D eigenvalue weighted by Crippen LogP contribution is 2.32. The van der Waals surface area contributed by atoms with Gasteiger partial charge >= 0.3 is 5.00 Å². The molecule has 2 aromatic heterocycles. The van der Waals surface area contributed by atoms with E-state index in [1.165, 1.54) is 12.3 Å².